The van der Waals surface area contributed by atoms with Gasteiger partial charge in [-0.3, -0.25) is 9.88 Å². The minimum atomic E-state index is -0.961. The number of aliphatic hydroxyl groups is 1. The average molecular weight is 389 g/mol. The lowest BCUT2D eigenvalue weighted by Crippen LogP contribution is -2.53. The van der Waals surface area contributed by atoms with E-state index in [1.165, 1.54) is 6.20 Å². The number of amides is 1. The summed E-state index contributed by atoms with van der Waals surface area (Å²) in [6.45, 7) is 8.08. The molecule has 0 aliphatic carbocycles. The van der Waals surface area contributed by atoms with E-state index in [-0.39, 0.29) is 0 Å². The van der Waals surface area contributed by atoms with Crippen molar-refractivity contribution < 1.29 is 14.6 Å². The van der Waals surface area contributed by atoms with E-state index in [9.17, 15) is 9.90 Å². The van der Waals surface area contributed by atoms with Crippen LogP contribution in [0.3, 0.4) is 0 Å². The highest BCUT2D eigenvalue weighted by Gasteiger charge is 2.50. The molecule has 0 saturated carbocycles. The number of likely N-dealkylation sites (tertiary alicyclic amines) is 1. The van der Waals surface area contributed by atoms with Crippen LogP contribution in [0, 0.1) is 0 Å². The van der Waals surface area contributed by atoms with E-state index in [1.807, 2.05) is 27.7 Å². The summed E-state index contributed by atoms with van der Waals surface area (Å²) < 4.78 is 5.56. The Morgan fingerprint density at radius 1 is 1.44 bits per heavy atom. The van der Waals surface area contributed by atoms with Crippen molar-refractivity contribution in [2.75, 3.05) is 6.54 Å². The number of aromatic nitrogens is 1. The lowest BCUT2D eigenvalue weighted by molar-refractivity contribution is -0.0389. The fourth-order valence-electron chi connectivity index (χ4n) is 3.46. The predicted molar refractivity (Wildman–Crippen MR) is 99.0 cm³/mol. The lowest BCUT2D eigenvalue weighted by Gasteiger charge is -2.42. The van der Waals surface area contributed by atoms with Crippen LogP contribution in [0.15, 0.2) is 12.3 Å². The van der Waals surface area contributed by atoms with Crippen LogP contribution in [0.1, 0.15) is 65.2 Å². The fourth-order valence-corrected chi connectivity index (χ4v) is 3.72. The normalized spacial score (nSPS) is 22.1. The van der Waals surface area contributed by atoms with Crippen LogP contribution in [0.25, 0.3) is 0 Å². The maximum atomic E-state index is 12.7. The molecule has 0 radical (unpaired) electrons. The van der Waals surface area contributed by atoms with E-state index in [0.29, 0.717) is 35.1 Å². The molecule has 1 fully saturated rings. The average Bonchev–Trinajstić information content (AvgIpc) is 2.93. The highest BCUT2D eigenvalue weighted by atomic mass is 35.5. The van der Waals surface area contributed by atoms with E-state index in [2.05, 4.69) is 4.98 Å². The van der Waals surface area contributed by atoms with E-state index < -0.39 is 23.3 Å². The summed E-state index contributed by atoms with van der Waals surface area (Å²) in [7, 11) is 0. The SMILES string of the molecule is CCCC1(C(O)c2cc(Cl)c(Cl)cn2)CCCN1C(=O)OC(C)(C)C. The van der Waals surface area contributed by atoms with Crippen LogP contribution in [0.4, 0.5) is 4.79 Å². The Bertz CT molecular complexity index is 633. The maximum Gasteiger partial charge on any atom is 0.410 e. The second-order valence-electron chi connectivity index (χ2n) is 7.51. The number of carbonyl (C=O) groups excluding carboxylic acids is 1. The molecule has 1 aliphatic rings. The van der Waals surface area contributed by atoms with Gasteiger partial charge in [0.1, 0.15) is 11.7 Å². The molecule has 2 rings (SSSR count). The van der Waals surface area contributed by atoms with Crippen LogP contribution in [-0.2, 0) is 4.74 Å². The van der Waals surface area contributed by atoms with Gasteiger partial charge in [0, 0.05) is 12.7 Å². The van der Waals surface area contributed by atoms with Crippen molar-refractivity contribution in [3.8, 4) is 0 Å². The number of pyridine rings is 1. The molecule has 1 amide bonds. The first kappa shape index (κ1) is 20.3. The zero-order chi connectivity index (χ0) is 18.8. The Hall–Kier alpha value is -1.04. The van der Waals surface area contributed by atoms with Gasteiger partial charge < -0.3 is 9.84 Å². The van der Waals surface area contributed by atoms with E-state index in [4.69, 9.17) is 27.9 Å². The van der Waals surface area contributed by atoms with E-state index in [0.717, 1.165) is 12.8 Å². The van der Waals surface area contributed by atoms with Crippen molar-refractivity contribution in [2.45, 2.75) is 70.6 Å². The quantitative estimate of drug-likeness (QED) is 0.788. The first-order valence-electron chi connectivity index (χ1n) is 8.60. The monoisotopic (exact) mass is 388 g/mol. The Morgan fingerprint density at radius 3 is 2.68 bits per heavy atom. The molecular formula is C18H26Cl2N2O3. The summed E-state index contributed by atoms with van der Waals surface area (Å²) in [5.74, 6) is 0. The van der Waals surface area contributed by atoms with Crippen molar-refractivity contribution in [3.63, 3.8) is 0 Å². The number of aliphatic hydroxyl groups excluding tert-OH is 1. The van der Waals surface area contributed by atoms with Gasteiger partial charge >= 0.3 is 6.09 Å². The Balaban J connectivity index is 2.38. The number of rotatable bonds is 4. The predicted octanol–water partition coefficient (Wildman–Crippen LogP) is 4.99. The van der Waals surface area contributed by atoms with Crippen molar-refractivity contribution in [1.82, 2.24) is 9.88 Å². The second kappa shape index (κ2) is 7.68. The summed E-state index contributed by atoms with van der Waals surface area (Å²) in [5.41, 5.74) is -0.927. The molecule has 0 spiro atoms. The summed E-state index contributed by atoms with van der Waals surface area (Å²) in [6, 6.07) is 1.57. The molecule has 1 aliphatic heterocycles. The van der Waals surface area contributed by atoms with Gasteiger partial charge in [0.25, 0.3) is 0 Å². The molecule has 2 unspecified atom stereocenters. The molecule has 1 aromatic rings. The van der Waals surface area contributed by atoms with Gasteiger partial charge in [-0.05, 0) is 46.1 Å². The highest BCUT2D eigenvalue weighted by Crippen LogP contribution is 2.44. The lowest BCUT2D eigenvalue weighted by atomic mass is 9.83. The van der Waals surface area contributed by atoms with E-state index in [1.54, 1.807) is 11.0 Å². The van der Waals surface area contributed by atoms with Crippen molar-refractivity contribution in [2.24, 2.45) is 0 Å². The third-order valence-corrected chi connectivity index (χ3v) is 5.16. The number of hydrogen-bond acceptors (Lipinski definition) is 4. The molecular weight excluding hydrogens is 363 g/mol. The van der Waals surface area contributed by atoms with Gasteiger partial charge in [-0.2, -0.15) is 0 Å². The first-order chi connectivity index (χ1) is 11.6. The summed E-state index contributed by atoms with van der Waals surface area (Å²) in [6.07, 6.45) is 3.01. The molecule has 0 bridgehead atoms. The number of ether oxygens (including phenoxy) is 1. The smallest absolute Gasteiger partial charge is 0.410 e. The molecule has 25 heavy (non-hydrogen) atoms. The van der Waals surface area contributed by atoms with Crippen LogP contribution in [-0.4, -0.2) is 38.8 Å². The maximum absolute atomic E-state index is 12.7. The van der Waals surface area contributed by atoms with Crippen molar-refractivity contribution in [1.29, 1.82) is 0 Å². The minimum Gasteiger partial charge on any atom is -0.444 e. The van der Waals surface area contributed by atoms with Gasteiger partial charge in [-0.15, -0.1) is 0 Å². The molecule has 5 nitrogen and oxygen atoms in total. The standard InChI is InChI=1S/C18H26Cl2N2O3/c1-5-7-18(15(23)14-10-12(19)13(20)11-21-14)8-6-9-22(18)16(24)25-17(2,3)4/h10-11,15,23H,5-9H2,1-4H3. The minimum absolute atomic E-state index is 0.331. The number of nitrogens with zero attached hydrogens (tertiary/aromatic N) is 2. The Morgan fingerprint density at radius 2 is 2.12 bits per heavy atom. The summed E-state index contributed by atoms with van der Waals surface area (Å²) in [4.78, 5) is 18.6. The summed E-state index contributed by atoms with van der Waals surface area (Å²) >= 11 is 12.0. The van der Waals surface area contributed by atoms with Gasteiger partial charge in [0.15, 0.2) is 0 Å². The third-order valence-electron chi connectivity index (χ3n) is 4.44. The third kappa shape index (κ3) is 4.39. The van der Waals surface area contributed by atoms with Gasteiger partial charge in [-0.25, -0.2) is 4.79 Å². The number of hydrogen-bond donors (Lipinski definition) is 1. The van der Waals surface area contributed by atoms with Crippen molar-refractivity contribution >= 4 is 29.3 Å². The van der Waals surface area contributed by atoms with E-state index >= 15 is 0 Å². The van der Waals surface area contributed by atoms with Gasteiger partial charge in [-0.1, -0.05) is 36.5 Å². The molecule has 1 saturated heterocycles. The zero-order valence-electron chi connectivity index (χ0n) is 15.2. The zero-order valence-corrected chi connectivity index (χ0v) is 16.7. The molecule has 7 heteroatoms. The molecule has 0 aromatic carbocycles. The topological polar surface area (TPSA) is 62.7 Å². The largest absolute Gasteiger partial charge is 0.444 e. The summed E-state index contributed by atoms with van der Waals surface area (Å²) in [5, 5.41) is 11.8. The van der Waals surface area contributed by atoms with Crippen LogP contribution in [0.2, 0.25) is 10.0 Å². The first-order valence-corrected chi connectivity index (χ1v) is 9.36. The van der Waals surface area contributed by atoms with Crippen LogP contribution < -0.4 is 0 Å². The molecule has 140 valence electrons. The van der Waals surface area contributed by atoms with Crippen LogP contribution in [0.5, 0.6) is 0 Å². The van der Waals surface area contributed by atoms with Gasteiger partial charge in [0.05, 0.1) is 21.3 Å². The highest BCUT2D eigenvalue weighted by molar-refractivity contribution is 6.41. The Labute approximate surface area is 159 Å². The molecule has 2 atom stereocenters. The molecule has 1 aromatic heterocycles. The number of halogens is 2. The van der Waals surface area contributed by atoms with Crippen LogP contribution >= 0.6 is 23.2 Å². The van der Waals surface area contributed by atoms with Crippen molar-refractivity contribution in [3.05, 3.63) is 28.0 Å². The van der Waals surface area contributed by atoms with Gasteiger partial charge in [0.2, 0.25) is 0 Å². The second-order valence-corrected chi connectivity index (χ2v) is 8.33. The molecule has 2 heterocycles. The Kier molecular flexibility index (Phi) is 6.23. The fraction of sp³-hybridized carbons (Fsp3) is 0.667. The number of carbonyl (C=O) groups is 1. The molecule has 1 N–H and O–H groups in total.